The number of rotatable bonds is 3. The van der Waals surface area contributed by atoms with Crippen LogP contribution >= 0.6 is 11.3 Å². The minimum absolute atomic E-state index is 0.0538. The first-order valence-corrected chi connectivity index (χ1v) is 10.3. The van der Waals surface area contributed by atoms with E-state index >= 15 is 0 Å². The maximum absolute atomic E-state index is 12.7. The van der Waals surface area contributed by atoms with Gasteiger partial charge in [-0.2, -0.15) is 0 Å². The van der Waals surface area contributed by atoms with Crippen molar-refractivity contribution in [3.05, 3.63) is 43.5 Å². The Morgan fingerprint density at radius 1 is 1.15 bits per heavy atom. The van der Waals surface area contributed by atoms with Gasteiger partial charge in [-0.3, -0.25) is 14.7 Å². The van der Waals surface area contributed by atoms with Crippen LogP contribution in [0.15, 0.2) is 16.2 Å². The Morgan fingerprint density at radius 3 is 2.65 bits per heavy atom. The number of likely N-dealkylation sites (N-methyl/N-ethyl adjacent to an activating group) is 1. The number of nitrogens with one attached hydrogen (secondary N) is 1. The lowest BCUT2D eigenvalue weighted by Crippen LogP contribution is -2.45. The summed E-state index contributed by atoms with van der Waals surface area (Å²) in [4.78, 5) is 29.0. The van der Waals surface area contributed by atoms with E-state index < -0.39 is 0 Å². The fraction of sp³-hybridized carbons (Fsp3) is 0.579. The predicted octanol–water partition coefficient (Wildman–Crippen LogP) is 1.49. The molecule has 2 aliphatic rings. The molecule has 140 valence electrons. The Morgan fingerprint density at radius 2 is 1.92 bits per heavy atom. The van der Waals surface area contributed by atoms with Crippen molar-refractivity contribution in [2.24, 2.45) is 0 Å². The molecule has 0 spiro atoms. The summed E-state index contributed by atoms with van der Waals surface area (Å²) in [6, 6.07) is 2.18. The van der Waals surface area contributed by atoms with E-state index in [1.165, 1.54) is 10.4 Å². The molecule has 0 amide bonds. The molecule has 7 heteroatoms. The fourth-order valence-corrected chi connectivity index (χ4v) is 4.68. The van der Waals surface area contributed by atoms with Gasteiger partial charge in [0.1, 0.15) is 0 Å². The van der Waals surface area contributed by atoms with Gasteiger partial charge in [0.2, 0.25) is 5.95 Å². The van der Waals surface area contributed by atoms with Crippen molar-refractivity contribution in [1.29, 1.82) is 0 Å². The highest BCUT2D eigenvalue weighted by atomic mass is 32.1. The molecule has 0 unspecified atom stereocenters. The molecular weight excluding hydrogens is 346 g/mol. The van der Waals surface area contributed by atoms with E-state index in [2.05, 4.69) is 45.1 Å². The highest BCUT2D eigenvalue weighted by Crippen LogP contribution is 2.20. The number of aromatic nitrogens is 2. The summed E-state index contributed by atoms with van der Waals surface area (Å²) in [5, 5.41) is 2.16. The molecule has 0 atom stereocenters. The summed E-state index contributed by atoms with van der Waals surface area (Å²) >= 11 is 1.82. The quantitative estimate of drug-likeness (QED) is 0.884. The van der Waals surface area contributed by atoms with E-state index in [1.807, 2.05) is 11.3 Å². The predicted molar refractivity (Wildman–Crippen MR) is 106 cm³/mol. The van der Waals surface area contributed by atoms with Crippen molar-refractivity contribution in [3.63, 3.8) is 0 Å². The van der Waals surface area contributed by atoms with Crippen molar-refractivity contribution in [2.45, 2.75) is 26.3 Å². The van der Waals surface area contributed by atoms with E-state index in [-0.39, 0.29) is 5.56 Å². The van der Waals surface area contributed by atoms with E-state index in [9.17, 15) is 4.79 Å². The summed E-state index contributed by atoms with van der Waals surface area (Å²) in [7, 11) is 2.13. The lowest BCUT2D eigenvalue weighted by molar-refractivity contribution is 0.281. The molecule has 0 aromatic carbocycles. The first kappa shape index (κ1) is 17.7. The first-order valence-electron chi connectivity index (χ1n) is 9.41. The summed E-state index contributed by atoms with van der Waals surface area (Å²) in [5.41, 5.74) is 3.30. The third-order valence-electron chi connectivity index (χ3n) is 5.57. The normalized spacial score (nSPS) is 19.4. The number of hydrogen-bond acceptors (Lipinski definition) is 6. The van der Waals surface area contributed by atoms with E-state index in [0.717, 1.165) is 75.9 Å². The van der Waals surface area contributed by atoms with Crippen LogP contribution in [0.25, 0.3) is 0 Å². The number of anilines is 1. The largest absolute Gasteiger partial charge is 0.340 e. The molecule has 1 N–H and O–H groups in total. The third kappa shape index (κ3) is 3.70. The second-order valence-corrected chi connectivity index (χ2v) is 8.41. The summed E-state index contributed by atoms with van der Waals surface area (Å²) < 4.78 is 0. The number of aromatic amines is 1. The Kier molecular flexibility index (Phi) is 5.11. The van der Waals surface area contributed by atoms with Crippen molar-refractivity contribution in [3.8, 4) is 0 Å². The van der Waals surface area contributed by atoms with Gasteiger partial charge < -0.3 is 9.80 Å². The van der Waals surface area contributed by atoms with Crippen LogP contribution in [0, 0.1) is 6.92 Å². The maximum atomic E-state index is 12.7. The minimum Gasteiger partial charge on any atom is -0.340 e. The number of nitrogens with zero attached hydrogens (tertiary/aromatic N) is 4. The molecule has 0 bridgehead atoms. The van der Waals surface area contributed by atoms with E-state index in [1.54, 1.807) is 0 Å². The average Bonchev–Trinajstić information content (AvgIpc) is 2.91. The zero-order valence-electron chi connectivity index (χ0n) is 15.6. The Balaban J connectivity index is 1.50. The van der Waals surface area contributed by atoms with Crippen LogP contribution in [0.4, 0.5) is 5.95 Å². The van der Waals surface area contributed by atoms with Crippen molar-refractivity contribution in [1.82, 2.24) is 19.8 Å². The smallest absolute Gasteiger partial charge is 0.255 e. The van der Waals surface area contributed by atoms with Crippen LogP contribution in [-0.2, 0) is 19.4 Å². The van der Waals surface area contributed by atoms with Gasteiger partial charge in [-0.05, 0) is 37.4 Å². The number of thiophene rings is 1. The Hall–Kier alpha value is -1.70. The maximum Gasteiger partial charge on any atom is 0.255 e. The Labute approximate surface area is 158 Å². The van der Waals surface area contributed by atoms with E-state index in [4.69, 9.17) is 4.98 Å². The summed E-state index contributed by atoms with van der Waals surface area (Å²) in [6.07, 6.45) is 1.63. The topological polar surface area (TPSA) is 55.5 Å². The monoisotopic (exact) mass is 373 g/mol. The second kappa shape index (κ2) is 7.50. The summed E-state index contributed by atoms with van der Waals surface area (Å²) in [5.74, 6) is 0.754. The van der Waals surface area contributed by atoms with Crippen LogP contribution in [0.1, 0.15) is 21.7 Å². The molecule has 0 radical (unpaired) electrons. The SMILES string of the molecule is Cc1ccsc1CN1CCc2nc(N3CCN(C)CC3)[nH]c(=O)c2CC1. The lowest BCUT2D eigenvalue weighted by atomic mass is 10.1. The molecule has 2 aliphatic heterocycles. The number of H-pyrrole nitrogens is 1. The molecule has 0 saturated carbocycles. The highest BCUT2D eigenvalue weighted by molar-refractivity contribution is 7.10. The number of aryl methyl sites for hydroxylation is 1. The van der Waals surface area contributed by atoms with E-state index in [0.29, 0.717) is 0 Å². The molecule has 1 fully saturated rings. The average molecular weight is 374 g/mol. The third-order valence-corrected chi connectivity index (χ3v) is 6.58. The summed E-state index contributed by atoms with van der Waals surface area (Å²) in [6.45, 7) is 8.88. The zero-order chi connectivity index (χ0) is 18.1. The van der Waals surface area contributed by atoms with Crippen LogP contribution in [0.2, 0.25) is 0 Å². The van der Waals surface area contributed by atoms with Crippen molar-refractivity contribution >= 4 is 17.3 Å². The van der Waals surface area contributed by atoms with Gasteiger partial charge in [0.05, 0.1) is 5.69 Å². The molecular formula is C19H27N5OS. The second-order valence-electron chi connectivity index (χ2n) is 7.41. The number of hydrogen-bond donors (Lipinski definition) is 1. The molecule has 2 aromatic heterocycles. The van der Waals surface area contributed by atoms with Crippen molar-refractivity contribution < 1.29 is 0 Å². The number of piperazine rings is 1. The highest BCUT2D eigenvalue weighted by Gasteiger charge is 2.22. The van der Waals surface area contributed by atoms with Crippen LogP contribution in [-0.4, -0.2) is 66.1 Å². The molecule has 4 heterocycles. The van der Waals surface area contributed by atoms with Gasteiger partial charge in [-0.25, -0.2) is 4.98 Å². The Bertz CT molecular complexity index is 822. The van der Waals surface area contributed by atoms with Gasteiger partial charge >= 0.3 is 0 Å². The van der Waals surface area contributed by atoms with Gasteiger partial charge in [-0.1, -0.05) is 0 Å². The number of fused-ring (bicyclic) bond motifs is 1. The molecule has 6 nitrogen and oxygen atoms in total. The van der Waals surface area contributed by atoms with Crippen LogP contribution < -0.4 is 10.5 Å². The first-order chi connectivity index (χ1) is 12.6. The minimum atomic E-state index is 0.0538. The lowest BCUT2D eigenvalue weighted by Gasteiger charge is -2.32. The van der Waals surface area contributed by atoms with Gasteiger partial charge in [-0.15, -0.1) is 11.3 Å². The van der Waals surface area contributed by atoms with Crippen molar-refractivity contribution in [2.75, 3.05) is 51.2 Å². The molecule has 2 aromatic rings. The van der Waals surface area contributed by atoms with Gasteiger partial charge in [0.25, 0.3) is 5.56 Å². The van der Waals surface area contributed by atoms with Crippen LogP contribution in [0.3, 0.4) is 0 Å². The standard InChI is InChI=1S/C19H27N5OS/c1-14-5-12-26-17(14)13-23-6-3-15-16(4-7-23)20-19(21-18(15)25)24-10-8-22(2)9-11-24/h5,12H,3-4,6-11,13H2,1-2H3,(H,20,21,25). The molecule has 26 heavy (non-hydrogen) atoms. The zero-order valence-corrected chi connectivity index (χ0v) is 16.4. The van der Waals surface area contributed by atoms with Gasteiger partial charge in [0, 0.05) is 62.7 Å². The molecule has 1 saturated heterocycles. The molecule has 0 aliphatic carbocycles. The van der Waals surface area contributed by atoms with Gasteiger partial charge in [0.15, 0.2) is 0 Å². The van der Waals surface area contributed by atoms with Crippen LogP contribution in [0.5, 0.6) is 0 Å². The molecule has 4 rings (SSSR count). The fourth-order valence-electron chi connectivity index (χ4n) is 3.74.